The summed E-state index contributed by atoms with van der Waals surface area (Å²) < 4.78 is 13.4. The lowest BCUT2D eigenvalue weighted by molar-refractivity contribution is 0.399. The average Bonchev–Trinajstić information content (AvgIpc) is 2.71. The Bertz CT molecular complexity index is 386. The van der Waals surface area contributed by atoms with Crippen molar-refractivity contribution in [2.24, 2.45) is 5.41 Å². The van der Waals surface area contributed by atoms with Gasteiger partial charge in [-0.15, -0.1) is 0 Å². The lowest BCUT2D eigenvalue weighted by Gasteiger charge is -2.20. The van der Waals surface area contributed by atoms with E-state index < -0.39 is 0 Å². The molecule has 2 rings (SSSR count). The molecule has 0 unspecified atom stereocenters. The van der Waals surface area contributed by atoms with Gasteiger partial charge in [0.1, 0.15) is 5.82 Å². The van der Waals surface area contributed by atoms with Crippen LogP contribution in [0.25, 0.3) is 0 Å². The Balaban J connectivity index is 2.21. The maximum Gasteiger partial charge on any atom is 0.126 e. The van der Waals surface area contributed by atoms with Crippen molar-refractivity contribution >= 4 is 0 Å². The molecule has 0 aromatic heterocycles. The molecule has 0 bridgehead atoms. The molecule has 1 fully saturated rings. The predicted molar refractivity (Wildman–Crippen MR) is 56.6 cm³/mol. The highest BCUT2D eigenvalue weighted by Crippen LogP contribution is 2.40. The number of rotatable bonds is 2. The molecule has 78 valence electrons. The zero-order valence-corrected chi connectivity index (χ0v) is 8.67. The molecule has 1 aliphatic carbocycles. The van der Waals surface area contributed by atoms with E-state index in [0.717, 1.165) is 25.7 Å². The number of nitrogens with zero attached hydrogens (tertiary/aromatic N) is 1. The van der Waals surface area contributed by atoms with Crippen molar-refractivity contribution in [2.75, 3.05) is 0 Å². The fourth-order valence-corrected chi connectivity index (χ4v) is 2.39. The third kappa shape index (κ3) is 2.02. The first kappa shape index (κ1) is 10.2. The molecule has 1 aliphatic rings. The first-order valence-electron chi connectivity index (χ1n) is 5.40. The van der Waals surface area contributed by atoms with E-state index in [0.29, 0.717) is 12.0 Å². The van der Waals surface area contributed by atoms with Crippen molar-refractivity contribution in [3.8, 4) is 6.07 Å². The van der Waals surface area contributed by atoms with Gasteiger partial charge in [0.05, 0.1) is 11.5 Å². The number of hydrogen-bond acceptors (Lipinski definition) is 1. The highest BCUT2D eigenvalue weighted by Gasteiger charge is 2.34. The van der Waals surface area contributed by atoms with E-state index in [2.05, 4.69) is 6.07 Å². The Morgan fingerprint density at radius 1 is 1.27 bits per heavy atom. The zero-order chi connectivity index (χ0) is 10.7. The first-order chi connectivity index (χ1) is 7.26. The van der Waals surface area contributed by atoms with E-state index in [4.69, 9.17) is 0 Å². The molecule has 1 aromatic rings. The van der Waals surface area contributed by atoms with Crippen LogP contribution in [0.3, 0.4) is 0 Å². The monoisotopic (exact) mass is 203 g/mol. The molecular formula is C13H14FN. The highest BCUT2D eigenvalue weighted by molar-refractivity contribution is 5.21. The quantitative estimate of drug-likeness (QED) is 0.722. The Kier molecular flexibility index (Phi) is 2.73. The summed E-state index contributed by atoms with van der Waals surface area (Å²) in [5.41, 5.74) is 0.378. The molecule has 0 spiro atoms. The Labute approximate surface area is 89.5 Å². The number of hydrogen-bond donors (Lipinski definition) is 0. The average molecular weight is 203 g/mol. The fraction of sp³-hybridized carbons (Fsp3) is 0.462. The number of nitriles is 1. The van der Waals surface area contributed by atoms with Crippen molar-refractivity contribution in [1.82, 2.24) is 0 Å². The third-order valence-electron chi connectivity index (χ3n) is 3.28. The van der Waals surface area contributed by atoms with Gasteiger partial charge < -0.3 is 0 Å². The summed E-state index contributed by atoms with van der Waals surface area (Å²) in [6.45, 7) is 0. The van der Waals surface area contributed by atoms with Crippen LogP contribution in [0.15, 0.2) is 24.3 Å². The summed E-state index contributed by atoms with van der Waals surface area (Å²) in [7, 11) is 0. The highest BCUT2D eigenvalue weighted by atomic mass is 19.1. The van der Waals surface area contributed by atoms with Gasteiger partial charge in [-0.1, -0.05) is 31.0 Å². The predicted octanol–water partition coefficient (Wildman–Crippen LogP) is 3.45. The van der Waals surface area contributed by atoms with Crippen LogP contribution in [0.4, 0.5) is 4.39 Å². The van der Waals surface area contributed by atoms with Crippen molar-refractivity contribution in [3.63, 3.8) is 0 Å². The normalized spacial score (nSPS) is 18.7. The minimum Gasteiger partial charge on any atom is -0.207 e. The van der Waals surface area contributed by atoms with Crippen LogP contribution in [0.1, 0.15) is 31.2 Å². The molecule has 1 saturated carbocycles. The van der Waals surface area contributed by atoms with Crippen molar-refractivity contribution in [1.29, 1.82) is 5.26 Å². The van der Waals surface area contributed by atoms with Gasteiger partial charge in [-0.2, -0.15) is 5.26 Å². The van der Waals surface area contributed by atoms with Crippen LogP contribution < -0.4 is 0 Å². The topological polar surface area (TPSA) is 23.8 Å². The van der Waals surface area contributed by atoms with Crippen LogP contribution in [0.5, 0.6) is 0 Å². The summed E-state index contributed by atoms with van der Waals surface area (Å²) in [6, 6.07) is 9.16. The lowest BCUT2D eigenvalue weighted by atomic mass is 9.81. The summed E-state index contributed by atoms with van der Waals surface area (Å²) in [5.74, 6) is -0.181. The molecule has 0 atom stereocenters. The van der Waals surface area contributed by atoms with Gasteiger partial charge >= 0.3 is 0 Å². The van der Waals surface area contributed by atoms with Crippen molar-refractivity contribution in [2.45, 2.75) is 32.1 Å². The SMILES string of the molecule is N#CC1(Cc2ccccc2F)CCCC1. The third-order valence-corrected chi connectivity index (χ3v) is 3.28. The van der Waals surface area contributed by atoms with Crippen LogP contribution in [0.2, 0.25) is 0 Å². The maximum absolute atomic E-state index is 13.4. The summed E-state index contributed by atoms with van der Waals surface area (Å²) >= 11 is 0. The van der Waals surface area contributed by atoms with Gasteiger partial charge in [0, 0.05) is 0 Å². The van der Waals surface area contributed by atoms with Gasteiger partial charge in [0.2, 0.25) is 0 Å². The van der Waals surface area contributed by atoms with E-state index in [1.165, 1.54) is 6.07 Å². The largest absolute Gasteiger partial charge is 0.207 e. The molecule has 2 heteroatoms. The second-order valence-electron chi connectivity index (χ2n) is 4.37. The molecule has 1 nitrogen and oxygen atoms in total. The molecule has 0 saturated heterocycles. The molecule has 15 heavy (non-hydrogen) atoms. The van der Waals surface area contributed by atoms with Gasteiger partial charge in [0.15, 0.2) is 0 Å². The maximum atomic E-state index is 13.4. The lowest BCUT2D eigenvalue weighted by Crippen LogP contribution is -2.17. The van der Waals surface area contributed by atoms with E-state index in [9.17, 15) is 9.65 Å². The molecule has 0 heterocycles. The van der Waals surface area contributed by atoms with E-state index in [-0.39, 0.29) is 11.2 Å². The molecule has 0 N–H and O–H groups in total. The Hall–Kier alpha value is -1.36. The second-order valence-corrected chi connectivity index (χ2v) is 4.37. The minimum atomic E-state index is -0.303. The van der Waals surface area contributed by atoms with E-state index >= 15 is 0 Å². The number of benzene rings is 1. The standard InChI is InChI=1S/C13H14FN/c14-12-6-2-1-5-11(12)9-13(10-15)7-3-4-8-13/h1-2,5-6H,3-4,7-9H2. The van der Waals surface area contributed by atoms with Crippen molar-refractivity contribution < 1.29 is 4.39 Å². The summed E-state index contributed by atoms with van der Waals surface area (Å²) in [6.07, 6.45) is 4.59. The van der Waals surface area contributed by atoms with E-state index in [1.807, 2.05) is 6.07 Å². The second kappa shape index (κ2) is 4.02. The number of halogens is 1. The molecule has 0 aliphatic heterocycles. The minimum absolute atomic E-state index is 0.181. The summed E-state index contributed by atoms with van der Waals surface area (Å²) in [4.78, 5) is 0. The van der Waals surface area contributed by atoms with Gasteiger partial charge in [-0.3, -0.25) is 0 Å². The summed E-state index contributed by atoms with van der Waals surface area (Å²) in [5, 5.41) is 9.20. The Morgan fingerprint density at radius 3 is 2.53 bits per heavy atom. The van der Waals surface area contributed by atoms with Gasteiger partial charge in [-0.05, 0) is 30.9 Å². The first-order valence-corrected chi connectivity index (χ1v) is 5.40. The Morgan fingerprint density at radius 2 is 1.93 bits per heavy atom. The van der Waals surface area contributed by atoms with Crippen LogP contribution >= 0.6 is 0 Å². The van der Waals surface area contributed by atoms with E-state index in [1.54, 1.807) is 12.1 Å². The fourth-order valence-electron chi connectivity index (χ4n) is 2.39. The molecular weight excluding hydrogens is 189 g/mol. The molecule has 0 radical (unpaired) electrons. The van der Waals surface area contributed by atoms with Gasteiger partial charge in [-0.25, -0.2) is 4.39 Å². The molecule has 1 aromatic carbocycles. The zero-order valence-electron chi connectivity index (χ0n) is 8.67. The molecule has 0 amide bonds. The smallest absolute Gasteiger partial charge is 0.126 e. The van der Waals surface area contributed by atoms with Crippen LogP contribution in [-0.4, -0.2) is 0 Å². The van der Waals surface area contributed by atoms with Crippen molar-refractivity contribution in [3.05, 3.63) is 35.6 Å². The van der Waals surface area contributed by atoms with Crippen LogP contribution in [0, 0.1) is 22.6 Å². The van der Waals surface area contributed by atoms with Crippen LogP contribution in [-0.2, 0) is 6.42 Å². The van der Waals surface area contributed by atoms with Gasteiger partial charge in [0.25, 0.3) is 0 Å².